The van der Waals surface area contributed by atoms with Crippen LogP contribution in [-0.2, 0) is 6.61 Å². The SMILES string of the molecule is CCN(C)/C=N/c1cc(Br)c(OCc2cccc(C)c2)nc1C. The molecule has 4 nitrogen and oxygen atoms in total. The molecule has 2 aromatic rings. The average Bonchev–Trinajstić information content (AvgIpc) is 2.53. The predicted molar refractivity (Wildman–Crippen MR) is 98.6 cm³/mol. The third-order valence-electron chi connectivity index (χ3n) is 3.46. The molecule has 5 heteroatoms. The van der Waals surface area contributed by atoms with E-state index in [0.717, 1.165) is 28.0 Å². The number of hydrogen-bond acceptors (Lipinski definition) is 3. The molecule has 1 heterocycles. The third-order valence-corrected chi connectivity index (χ3v) is 4.03. The maximum absolute atomic E-state index is 5.84. The zero-order valence-corrected chi connectivity index (χ0v) is 15.6. The van der Waals surface area contributed by atoms with Crippen molar-refractivity contribution in [3.05, 3.63) is 51.6 Å². The standard InChI is InChI=1S/C18H22BrN3O/c1-5-22(4)12-20-17-10-16(19)18(21-14(17)3)23-11-15-8-6-7-13(2)9-15/h6-10,12H,5,11H2,1-4H3/b20-12+. The Hall–Kier alpha value is -1.88. The van der Waals surface area contributed by atoms with Crippen molar-refractivity contribution < 1.29 is 4.74 Å². The van der Waals surface area contributed by atoms with Crippen LogP contribution in [-0.4, -0.2) is 29.8 Å². The second-order valence-electron chi connectivity index (χ2n) is 5.48. The number of rotatable bonds is 6. The zero-order valence-electron chi connectivity index (χ0n) is 14.0. The van der Waals surface area contributed by atoms with Crippen LogP contribution in [0.4, 0.5) is 5.69 Å². The van der Waals surface area contributed by atoms with Gasteiger partial charge in [-0.15, -0.1) is 0 Å². The maximum Gasteiger partial charge on any atom is 0.228 e. The third kappa shape index (κ3) is 5.06. The van der Waals surface area contributed by atoms with E-state index in [9.17, 15) is 0 Å². The Morgan fingerprint density at radius 3 is 2.78 bits per heavy atom. The van der Waals surface area contributed by atoms with E-state index in [0.29, 0.717) is 12.5 Å². The summed E-state index contributed by atoms with van der Waals surface area (Å²) in [5, 5.41) is 0. The molecular formula is C18H22BrN3O. The highest BCUT2D eigenvalue weighted by Gasteiger charge is 2.08. The van der Waals surface area contributed by atoms with Crippen LogP contribution in [0.2, 0.25) is 0 Å². The van der Waals surface area contributed by atoms with Gasteiger partial charge in [0.1, 0.15) is 6.61 Å². The first-order valence-corrected chi connectivity index (χ1v) is 8.38. The van der Waals surface area contributed by atoms with Crippen LogP contribution in [0.1, 0.15) is 23.7 Å². The fourth-order valence-corrected chi connectivity index (χ4v) is 2.40. The number of ether oxygens (including phenoxy) is 1. The van der Waals surface area contributed by atoms with Gasteiger partial charge in [0.2, 0.25) is 5.88 Å². The van der Waals surface area contributed by atoms with Gasteiger partial charge in [0.25, 0.3) is 0 Å². The summed E-state index contributed by atoms with van der Waals surface area (Å²) in [5.74, 6) is 0.590. The smallest absolute Gasteiger partial charge is 0.228 e. The van der Waals surface area contributed by atoms with Gasteiger partial charge in [0, 0.05) is 13.6 Å². The molecule has 23 heavy (non-hydrogen) atoms. The van der Waals surface area contributed by atoms with Crippen LogP contribution in [0.25, 0.3) is 0 Å². The molecule has 0 radical (unpaired) electrons. The largest absolute Gasteiger partial charge is 0.472 e. The number of aromatic nitrogens is 1. The number of nitrogens with zero attached hydrogens (tertiary/aromatic N) is 3. The van der Waals surface area contributed by atoms with Crippen LogP contribution >= 0.6 is 15.9 Å². The summed E-state index contributed by atoms with van der Waals surface area (Å²) >= 11 is 3.52. The molecule has 122 valence electrons. The molecule has 0 saturated heterocycles. The summed E-state index contributed by atoms with van der Waals surface area (Å²) in [6.45, 7) is 7.49. The number of aryl methyl sites for hydroxylation is 2. The first-order valence-electron chi connectivity index (χ1n) is 7.59. The Morgan fingerprint density at radius 1 is 1.30 bits per heavy atom. The monoisotopic (exact) mass is 375 g/mol. The Labute approximate surface area is 146 Å². The number of benzene rings is 1. The lowest BCUT2D eigenvalue weighted by Crippen LogP contribution is -2.14. The van der Waals surface area contributed by atoms with Crippen molar-refractivity contribution >= 4 is 28.0 Å². The van der Waals surface area contributed by atoms with Crippen molar-refractivity contribution in [3.8, 4) is 5.88 Å². The summed E-state index contributed by atoms with van der Waals surface area (Å²) in [4.78, 5) is 11.0. The van der Waals surface area contributed by atoms with Crippen molar-refractivity contribution in [2.24, 2.45) is 4.99 Å². The highest BCUT2D eigenvalue weighted by Crippen LogP contribution is 2.30. The number of pyridine rings is 1. The summed E-state index contributed by atoms with van der Waals surface area (Å²) in [6, 6.07) is 10.2. The first kappa shape index (κ1) is 17.5. The van der Waals surface area contributed by atoms with Gasteiger partial charge in [-0.1, -0.05) is 29.8 Å². The van der Waals surface area contributed by atoms with Gasteiger partial charge in [0.05, 0.1) is 22.2 Å². The van der Waals surface area contributed by atoms with Gasteiger partial charge in [0.15, 0.2) is 0 Å². The van der Waals surface area contributed by atoms with Crippen LogP contribution in [0.5, 0.6) is 5.88 Å². The van der Waals surface area contributed by atoms with Crippen molar-refractivity contribution in [2.45, 2.75) is 27.4 Å². The minimum absolute atomic E-state index is 0.494. The average molecular weight is 376 g/mol. The Kier molecular flexibility index (Phi) is 6.16. The topological polar surface area (TPSA) is 37.7 Å². The van der Waals surface area contributed by atoms with Crippen molar-refractivity contribution in [1.29, 1.82) is 0 Å². The van der Waals surface area contributed by atoms with Gasteiger partial charge >= 0.3 is 0 Å². The molecule has 0 saturated carbocycles. The van der Waals surface area contributed by atoms with Crippen molar-refractivity contribution in [3.63, 3.8) is 0 Å². The Balaban J connectivity index is 2.12. The van der Waals surface area contributed by atoms with Gasteiger partial charge in [-0.3, -0.25) is 0 Å². The lowest BCUT2D eigenvalue weighted by atomic mass is 10.1. The lowest BCUT2D eigenvalue weighted by molar-refractivity contribution is 0.291. The van der Waals surface area contributed by atoms with E-state index in [2.05, 4.69) is 51.9 Å². The van der Waals surface area contributed by atoms with Crippen molar-refractivity contribution in [1.82, 2.24) is 9.88 Å². The van der Waals surface area contributed by atoms with E-state index in [1.807, 2.05) is 43.4 Å². The van der Waals surface area contributed by atoms with Crippen LogP contribution < -0.4 is 4.74 Å². The van der Waals surface area contributed by atoms with E-state index in [1.165, 1.54) is 5.56 Å². The normalized spacial score (nSPS) is 11.0. The number of hydrogen-bond donors (Lipinski definition) is 0. The van der Waals surface area contributed by atoms with Gasteiger partial charge in [-0.05, 0) is 48.3 Å². The van der Waals surface area contributed by atoms with Crippen LogP contribution in [0.15, 0.2) is 39.8 Å². The molecule has 0 fully saturated rings. The summed E-state index contributed by atoms with van der Waals surface area (Å²) in [5.41, 5.74) is 4.02. The van der Waals surface area contributed by atoms with E-state index < -0.39 is 0 Å². The number of aliphatic imine (C=N–C) groups is 1. The summed E-state index contributed by atoms with van der Waals surface area (Å²) in [6.07, 6.45) is 1.81. The highest BCUT2D eigenvalue weighted by atomic mass is 79.9. The molecule has 1 aromatic carbocycles. The molecule has 0 spiro atoms. The molecule has 0 atom stereocenters. The molecule has 0 aliphatic rings. The molecule has 0 bridgehead atoms. The second kappa shape index (κ2) is 8.11. The molecule has 0 unspecified atom stereocenters. The predicted octanol–water partition coefficient (Wildman–Crippen LogP) is 4.65. The molecule has 1 aromatic heterocycles. The summed E-state index contributed by atoms with van der Waals surface area (Å²) < 4.78 is 6.65. The molecule has 0 aliphatic heterocycles. The lowest BCUT2D eigenvalue weighted by Gasteiger charge is -2.11. The second-order valence-corrected chi connectivity index (χ2v) is 6.33. The minimum atomic E-state index is 0.494. The van der Waals surface area contributed by atoms with Crippen LogP contribution in [0.3, 0.4) is 0 Å². The number of halogens is 1. The van der Waals surface area contributed by atoms with Crippen LogP contribution in [0, 0.1) is 13.8 Å². The quantitative estimate of drug-likeness (QED) is 0.544. The Morgan fingerprint density at radius 2 is 2.09 bits per heavy atom. The fourth-order valence-electron chi connectivity index (χ4n) is 1.98. The van der Waals surface area contributed by atoms with E-state index in [4.69, 9.17) is 4.74 Å². The Bertz CT molecular complexity index is 701. The van der Waals surface area contributed by atoms with E-state index in [-0.39, 0.29) is 0 Å². The van der Waals surface area contributed by atoms with Crippen molar-refractivity contribution in [2.75, 3.05) is 13.6 Å². The molecule has 0 N–H and O–H groups in total. The van der Waals surface area contributed by atoms with E-state index in [1.54, 1.807) is 0 Å². The molecule has 0 aliphatic carbocycles. The molecule has 0 amide bonds. The first-order chi connectivity index (χ1) is 11.0. The molecular weight excluding hydrogens is 354 g/mol. The van der Waals surface area contributed by atoms with Gasteiger partial charge in [-0.2, -0.15) is 0 Å². The highest BCUT2D eigenvalue weighted by molar-refractivity contribution is 9.10. The maximum atomic E-state index is 5.84. The van der Waals surface area contributed by atoms with Gasteiger partial charge < -0.3 is 9.64 Å². The molecule has 2 rings (SSSR count). The van der Waals surface area contributed by atoms with Gasteiger partial charge in [-0.25, -0.2) is 9.98 Å². The summed E-state index contributed by atoms with van der Waals surface area (Å²) in [7, 11) is 1.99. The zero-order chi connectivity index (χ0) is 16.8. The fraction of sp³-hybridized carbons (Fsp3) is 0.333. The minimum Gasteiger partial charge on any atom is -0.472 e. The van der Waals surface area contributed by atoms with E-state index >= 15 is 0 Å².